The number of halogens is 2. The average molecular weight is 303 g/mol. The number of benzene rings is 1. The summed E-state index contributed by atoms with van der Waals surface area (Å²) in [6.45, 7) is 2.51. The van der Waals surface area contributed by atoms with Crippen molar-refractivity contribution >= 4 is 15.9 Å². The van der Waals surface area contributed by atoms with E-state index >= 15 is 0 Å². The maximum Gasteiger partial charge on any atom is 0.124 e. The highest BCUT2D eigenvalue weighted by molar-refractivity contribution is 9.10. The highest BCUT2D eigenvalue weighted by Gasteiger charge is 2.33. The molecule has 0 aromatic heterocycles. The fraction of sp³-hybridized carbons (Fsp3) is 0.538. The normalized spacial score (nSPS) is 29.3. The maximum absolute atomic E-state index is 13.2. The van der Waals surface area contributed by atoms with Gasteiger partial charge in [0.05, 0.1) is 11.7 Å². The predicted molar refractivity (Wildman–Crippen MR) is 67.4 cm³/mol. The molecular formula is C13H16BrFO2. The molecule has 0 bridgehead atoms. The summed E-state index contributed by atoms with van der Waals surface area (Å²) in [7, 11) is 0. The molecule has 1 N–H and O–H groups in total. The fourth-order valence-electron chi connectivity index (χ4n) is 2.40. The molecule has 0 aliphatic carbocycles. The van der Waals surface area contributed by atoms with Crippen molar-refractivity contribution in [3.05, 3.63) is 34.1 Å². The van der Waals surface area contributed by atoms with Crippen LogP contribution in [0.2, 0.25) is 0 Å². The predicted octanol–water partition coefficient (Wildman–Crippen LogP) is 3.06. The Kier molecular flexibility index (Phi) is 3.85. The summed E-state index contributed by atoms with van der Waals surface area (Å²) < 4.78 is 19.4. The average Bonchev–Trinajstić information content (AvgIpc) is 2.13. The van der Waals surface area contributed by atoms with Gasteiger partial charge in [-0.05, 0) is 37.1 Å². The summed E-state index contributed by atoms with van der Waals surface area (Å²) in [4.78, 5) is 0. The van der Waals surface area contributed by atoms with E-state index in [0.29, 0.717) is 30.3 Å². The molecule has 0 spiro atoms. The van der Waals surface area contributed by atoms with Crippen molar-refractivity contribution in [2.24, 2.45) is 0 Å². The van der Waals surface area contributed by atoms with Crippen LogP contribution in [0.25, 0.3) is 0 Å². The molecule has 1 saturated heterocycles. The van der Waals surface area contributed by atoms with Crippen molar-refractivity contribution < 1.29 is 14.2 Å². The third-order valence-electron chi connectivity index (χ3n) is 3.09. The van der Waals surface area contributed by atoms with Crippen LogP contribution in [0.5, 0.6) is 0 Å². The van der Waals surface area contributed by atoms with Crippen molar-refractivity contribution in [1.29, 1.82) is 0 Å². The molecule has 0 amide bonds. The number of hydrogen-bond acceptors (Lipinski definition) is 2. The van der Waals surface area contributed by atoms with Crippen molar-refractivity contribution in [3.63, 3.8) is 0 Å². The summed E-state index contributed by atoms with van der Waals surface area (Å²) in [5.41, 5.74) is 0.0405. The molecule has 1 aliphatic heterocycles. The Labute approximate surface area is 109 Å². The van der Waals surface area contributed by atoms with E-state index in [4.69, 9.17) is 4.74 Å². The van der Waals surface area contributed by atoms with Crippen LogP contribution in [-0.2, 0) is 11.2 Å². The zero-order chi connectivity index (χ0) is 12.5. The number of hydrogen-bond donors (Lipinski definition) is 1. The topological polar surface area (TPSA) is 29.5 Å². The largest absolute Gasteiger partial charge is 0.389 e. The standard InChI is InChI=1S/C13H16BrFO2/c1-9-7-13(16,2-3-17-9)8-10-4-11(14)6-12(15)5-10/h4-6,9,16H,2-3,7-8H2,1H3. The van der Waals surface area contributed by atoms with E-state index in [1.165, 1.54) is 12.1 Å². The van der Waals surface area contributed by atoms with Gasteiger partial charge in [0, 0.05) is 23.9 Å². The lowest BCUT2D eigenvalue weighted by Crippen LogP contribution is -2.41. The zero-order valence-electron chi connectivity index (χ0n) is 9.75. The van der Waals surface area contributed by atoms with Crippen molar-refractivity contribution in [2.45, 2.75) is 37.9 Å². The van der Waals surface area contributed by atoms with Gasteiger partial charge in [0.25, 0.3) is 0 Å². The smallest absolute Gasteiger partial charge is 0.124 e. The second kappa shape index (κ2) is 5.04. The highest BCUT2D eigenvalue weighted by atomic mass is 79.9. The number of ether oxygens (including phenoxy) is 1. The van der Waals surface area contributed by atoms with Crippen molar-refractivity contribution in [3.8, 4) is 0 Å². The summed E-state index contributed by atoms with van der Waals surface area (Å²) in [5, 5.41) is 10.5. The van der Waals surface area contributed by atoms with Gasteiger partial charge in [-0.1, -0.05) is 15.9 Å². The van der Waals surface area contributed by atoms with Crippen LogP contribution in [0.3, 0.4) is 0 Å². The van der Waals surface area contributed by atoms with Crippen LogP contribution < -0.4 is 0 Å². The molecule has 2 unspecified atom stereocenters. The Morgan fingerprint density at radius 1 is 1.53 bits per heavy atom. The molecule has 0 saturated carbocycles. The van der Waals surface area contributed by atoms with Crippen LogP contribution in [-0.4, -0.2) is 23.4 Å². The molecule has 94 valence electrons. The molecule has 17 heavy (non-hydrogen) atoms. The van der Waals surface area contributed by atoms with Crippen LogP contribution in [0.4, 0.5) is 4.39 Å². The summed E-state index contributed by atoms with van der Waals surface area (Å²) in [6, 6.07) is 4.74. The molecule has 4 heteroatoms. The Morgan fingerprint density at radius 2 is 2.29 bits per heavy atom. The lowest BCUT2D eigenvalue weighted by molar-refractivity contribution is -0.0961. The van der Waals surface area contributed by atoms with E-state index in [1.807, 2.05) is 13.0 Å². The van der Waals surface area contributed by atoms with Crippen molar-refractivity contribution in [2.75, 3.05) is 6.61 Å². The van der Waals surface area contributed by atoms with E-state index < -0.39 is 5.60 Å². The number of aliphatic hydroxyl groups is 1. The van der Waals surface area contributed by atoms with E-state index in [0.717, 1.165) is 5.56 Å². The minimum Gasteiger partial charge on any atom is -0.389 e. The maximum atomic E-state index is 13.2. The molecular weight excluding hydrogens is 287 g/mol. The lowest BCUT2D eigenvalue weighted by atomic mass is 9.85. The zero-order valence-corrected chi connectivity index (χ0v) is 11.3. The van der Waals surface area contributed by atoms with Gasteiger partial charge in [-0.15, -0.1) is 0 Å². The van der Waals surface area contributed by atoms with Crippen LogP contribution >= 0.6 is 15.9 Å². The molecule has 1 aliphatic rings. The third-order valence-corrected chi connectivity index (χ3v) is 3.55. The highest BCUT2D eigenvalue weighted by Crippen LogP contribution is 2.29. The van der Waals surface area contributed by atoms with E-state index in [9.17, 15) is 9.50 Å². The Balaban J connectivity index is 2.13. The molecule has 1 heterocycles. The minimum absolute atomic E-state index is 0.0609. The van der Waals surface area contributed by atoms with Crippen LogP contribution in [0.15, 0.2) is 22.7 Å². The second-order valence-electron chi connectivity index (χ2n) is 4.81. The summed E-state index contributed by atoms with van der Waals surface area (Å²) in [6.07, 6.45) is 1.73. The van der Waals surface area contributed by atoms with Gasteiger partial charge in [-0.3, -0.25) is 0 Å². The molecule has 1 aromatic rings. The van der Waals surface area contributed by atoms with Crippen LogP contribution in [0.1, 0.15) is 25.3 Å². The first kappa shape index (κ1) is 13.0. The first-order valence-electron chi connectivity index (χ1n) is 5.76. The lowest BCUT2D eigenvalue weighted by Gasteiger charge is -2.35. The van der Waals surface area contributed by atoms with E-state index in [1.54, 1.807) is 0 Å². The fourth-order valence-corrected chi connectivity index (χ4v) is 2.91. The Hall–Kier alpha value is -0.450. The molecule has 2 nitrogen and oxygen atoms in total. The molecule has 0 radical (unpaired) electrons. The monoisotopic (exact) mass is 302 g/mol. The van der Waals surface area contributed by atoms with E-state index in [2.05, 4.69) is 15.9 Å². The SMILES string of the molecule is CC1CC(O)(Cc2cc(F)cc(Br)c2)CCO1. The van der Waals surface area contributed by atoms with Gasteiger partial charge < -0.3 is 9.84 Å². The van der Waals surface area contributed by atoms with Gasteiger partial charge in [0.2, 0.25) is 0 Å². The first-order valence-corrected chi connectivity index (χ1v) is 6.55. The third kappa shape index (κ3) is 3.50. The van der Waals surface area contributed by atoms with Crippen LogP contribution in [0, 0.1) is 5.82 Å². The summed E-state index contributed by atoms with van der Waals surface area (Å²) >= 11 is 3.26. The molecule has 1 fully saturated rings. The Bertz CT molecular complexity index is 390. The van der Waals surface area contributed by atoms with Crippen molar-refractivity contribution in [1.82, 2.24) is 0 Å². The van der Waals surface area contributed by atoms with Gasteiger partial charge in [-0.2, -0.15) is 0 Å². The van der Waals surface area contributed by atoms with Gasteiger partial charge in [0.15, 0.2) is 0 Å². The van der Waals surface area contributed by atoms with E-state index in [-0.39, 0.29) is 11.9 Å². The van der Waals surface area contributed by atoms with Gasteiger partial charge in [0.1, 0.15) is 5.82 Å². The number of rotatable bonds is 2. The quantitative estimate of drug-likeness (QED) is 0.910. The second-order valence-corrected chi connectivity index (χ2v) is 5.73. The first-order chi connectivity index (χ1) is 7.97. The Morgan fingerprint density at radius 3 is 2.94 bits per heavy atom. The molecule has 2 rings (SSSR count). The van der Waals surface area contributed by atoms with Gasteiger partial charge >= 0.3 is 0 Å². The minimum atomic E-state index is -0.773. The molecule has 2 atom stereocenters. The molecule has 1 aromatic carbocycles. The van der Waals surface area contributed by atoms with Gasteiger partial charge in [-0.25, -0.2) is 4.39 Å². The summed E-state index contributed by atoms with van der Waals surface area (Å²) in [5.74, 6) is -0.280.